The van der Waals surface area contributed by atoms with Crippen LogP contribution in [0.2, 0.25) is 0 Å². The molecule has 21 nitrogen and oxygen atoms in total. The smallest absolute Gasteiger partial charge is 0.336 e. The Morgan fingerprint density at radius 2 is 1.11 bits per heavy atom. The largest absolute Gasteiger partial charge is 0.469 e. The molecule has 2 N–H and O–H groups in total. The number of ether oxygens (including phenoxy) is 7. The van der Waals surface area contributed by atoms with Crippen LogP contribution in [-0.4, -0.2) is 132 Å². The summed E-state index contributed by atoms with van der Waals surface area (Å²) >= 11 is 0. The molecule has 8 unspecified atom stereocenters. The monoisotopic (exact) mass is 759 g/mol. The summed E-state index contributed by atoms with van der Waals surface area (Å²) in [6.45, 7) is 0.654. The molecule has 0 aromatic carbocycles. The number of carbonyl (C=O) groups is 6. The van der Waals surface area contributed by atoms with E-state index in [9.17, 15) is 53.4 Å². The van der Waals surface area contributed by atoms with Gasteiger partial charge >= 0.3 is 46.9 Å². The Morgan fingerprint density at radius 1 is 0.660 bits per heavy atom. The first kappa shape index (κ1) is 42.7. The maximum absolute atomic E-state index is 13.5. The van der Waals surface area contributed by atoms with E-state index in [1.165, 1.54) is 13.8 Å². The second-order valence-electron chi connectivity index (χ2n) is 12.7. The number of esters is 5. The SMILES string of the molecule is COC(=O)CC(C(=O)OCC(O)Cn1c(=O)n(CC2CO2)c(=O)n(CC2CO2)c1=O)C(CC(=O)CC(C(=O)OC)C(C)C(=O)OC)C(=O)OCC(C)O. The van der Waals surface area contributed by atoms with Crippen LogP contribution >= 0.6 is 0 Å². The lowest BCUT2D eigenvalue weighted by Gasteiger charge is -2.25. The van der Waals surface area contributed by atoms with Gasteiger partial charge in [-0.15, -0.1) is 0 Å². The summed E-state index contributed by atoms with van der Waals surface area (Å²) in [5, 5.41) is 20.5. The molecule has 2 saturated heterocycles. The van der Waals surface area contributed by atoms with E-state index < -0.39 is 140 Å². The lowest BCUT2D eigenvalue weighted by Crippen LogP contribution is -2.56. The van der Waals surface area contributed by atoms with Crippen molar-refractivity contribution in [2.24, 2.45) is 23.7 Å². The van der Waals surface area contributed by atoms with E-state index in [0.29, 0.717) is 17.8 Å². The molecule has 2 aliphatic rings. The number of rotatable bonds is 22. The predicted molar refractivity (Wildman–Crippen MR) is 173 cm³/mol. The molecule has 3 rings (SSSR count). The molecule has 8 atom stereocenters. The summed E-state index contributed by atoms with van der Waals surface area (Å²) < 4.78 is 36.7. The predicted octanol–water partition coefficient (Wildman–Crippen LogP) is -3.46. The van der Waals surface area contributed by atoms with Gasteiger partial charge in [0.1, 0.15) is 25.1 Å². The first-order valence-corrected chi connectivity index (χ1v) is 16.6. The number of nitrogens with zero attached hydrogens (tertiary/aromatic N) is 3. The second kappa shape index (κ2) is 19.4. The fourth-order valence-corrected chi connectivity index (χ4v) is 5.35. The summed E-state index contributed by atoms with van der Waals surface area (Å²) in [5.41, 5.74) is -3.00. The number of aliphatic hydroxyl groups is 2. The molecule has 0 saturated carbocycles. The van der Waals surface area contributed by atoms with Crippen molar-refractivity contribution in [2.75, 3.05) is 47.8 Å². The van der Waals surface area contributed by atoms with Crippen LogP contribution < -0.4 is 17.1 Å². The van der Waals surface area contributed by atoms with Crippen molar-refractivity contribution < 1.29 is 72.1 Å². The van der Waals surface area contributed by atoms with Gasteiger partial charge in [-0.2, -0.15) is 0 Å². The zero-order chi connectivity index (χ0) is 39.6. The van der Waals surface area contributed by atoms with Crippen molar-refractivity contribution in [3.63, 3.8) is 0 Å². The lowest BCUT2D eigenvalue weighted by atomic mass is 9.82. The molecule has 296 valence electrons. The van der Waals surface area contributed by atoms with Gasteiger partial charge in [0.25, 0.3) is 0 Å². The van der Waals surface area contributed by atoms with Crippen molar-refractivity contribution in [1.29, 1.82) is 0 Å². The van der Waals surface area contributed by atoms with E-state index in [-0.39, 0.29) is 13.1 Å². The van der Waals surface area contributed by atoms with E-state index in [1.54, 1.807) is 0 Å². The van der Waals surface area contributed by atoms with Crippen molar-refractivity contribution in [2.45, 2.75) is 77.2 Å². The molecule has 2 fully saturated rings. The Labute approximate surface area is 301 Å². The van der Waals surface area contributed by atoms with Crippen LogP contribution in [-0.2, 0) is 81.6 Å². The molecule has 53 heavy (non-hydrogen) atoms. The van der Waals surface area contributed by atoms with Crippen LogP contribution in [0.4, 0.5) is 0 Å². The van der Waals surface area contributed by atoms with Gasteiger partial charge in [-0.3, -0.25) is 28.8 Å². The normalized spacial score (nSPS) is 19.4. The number of carbonyl (C=O) groups excluding carboxylic acids is 6. The molecule has 0 aliphatic carbocycles. The summed E-state index contributed by atoms with van der Waals surface area (Å²) in [5.74, 6) is -12.2. The van der Waals surface area contributed by atoms with Gasteiger partial charge in [0.2, 0.25) is 0 Å². The van der Waals surface area contributed by atoms with Crippen molar-refractivity contribution in [3.8, 4) is 0 Å². The zero-order valence-corrected chi connectivity index (χ0v) is 30.0. The van der Waals surface area contributed by atoms with E-state index in [2.05, 4.69) is 9.47 Å². The second-order valence-corrected chi connectivity index (χ2v) is 12.7. The summed E-state index contributed by atoms with van der Waals surface area (Å²) in [6, 6.07) is 0. The van der Waals surface area contributed by atoms with Gasteiger partial charge in [-0.05, 0) is 6.92 Å². The Balaban J connectivity index is 1.86. The average Bonchev–Trinajstić information content (AvgIpc) is 4.08. The quantitative estimate of drug-likeness (QED) is 0.0660. The van der Waals surface area contributed by atoms with E-state index in [1.807, 2.05) is 0 Å². The van der Waals surface area contributed by atoms with Gasteiger partial charge in [-0.1, -0.05) is 6.92 Å². The summed E-state index contributed by atoms with van der Waals surface area (Å²) in [4.78, 5) is 117. The van der Waals surface area contributed by atoms with Crippen LogP contribution in [0.25, 0.3) is 0 Å². The van der Waals surface area contributed by atoms with Gasteiger partial charge in [0.15, 0.2) is 0 Å². The third-order valence-corrected chi connectivity index (χ3v) is 8.52. The Kier molecular flexibility index (Phi) is 15.6. The molecular formula is C32H45N3O18. The Morgan fingerprint density at radius 3 is 1.57 bits per heavy atom. The first-order valence-electron chi connectivity index (χ1n) is 16.6. The van der Waals surface area contributed by atoms with Crippen LogP contribution in [0.5, 0.6) is 0 Å². The van der Waals surface area contributed by atoms with Gasteiger partial charge in [0.05, 0.1) is 103 Å². The van der Waals surface area contributed by atoms with Gasteiger partial charge in [-0.25, -0.2) is 28.1 Å². The molecule has 0 radical (unpaired) electrons. The van der Waals surface area contributed by atoms with Crippen molar-refractivity contribution in [3.05, 3.63) is 31.5 Å². The maximum Gasteiger partial charge on any atom is 0.336 e. The van der Waals surface area contributed by atoms with Crippen LogP contribution in [0, 0.1) is 23.7 Å². The standard InChI is InChI=1S/C32H45N3O18/c1-16(36)12-52-28(42)23(7-18(37)6-22(27(41)49-5)17(2)26(40)48-4)24(8-25(39)47-3)29(43)53-13-19(38)9-33-30(44)34(10-20-14-50-20)32(46)35(31(33)45)11-21-15-51-21/h16-17,19-24,36,38H,6-15H2,1-5H3. The number of hydrogen-bond acceptors (Lipinski definition) is 18. The third-order valence-electron chi connectivity index (χ3n) is 8.52. The molecule has 0 amide bonds. The number of methoxy groups -OCH3 is 3. The molecular weight excluding hydrogens is 714 g/mol. The first-order chi connectivity index (χ1) is 25.0. The number of aromatic nitrogens is 3. The number of ketones is 1. The molecule has 0 spiro atoms. The Hall–Kier alpha value is -4.73. The lowest BCUT2D eigenvalue weighted by molar-refractivity contribution is -0.167. The van der Waals surface area contributed by atoms with Crippen molar-refractivity contribution in [1.82, 2.24) is 13.7 Å². The van der Waals surface area contributed by atoms with Gasteiger partial charge < -0.3 is 43.4 Å². The Bertz CT molecular complexity index is 1630. The van der Waals surface area contributed by atoms with Crippen LogP contribution in [0.3, 0.4) is 0 Å². The minimum absolute atomic E-state index is 0.156. The van der Waals surface area contributed by atoms with Crippen LogP contribution in [0.1, 0.15) is 33.1 Å². The molecule has 21 heteroatoms. The van der Waals surface area contributed by atoms with Crippen LogP contribution in [0.15, 0.2) is 14.4 Å². The summed E-state index contributed by atoms with van der Waals surface area (Å²) in [6.07, 6.45) is -6.10. The fourth-order valence-electron chi connectivity index (χ4n) is 5.35. The topological polar surface area (TPSA) is 280 Å². The van der Waals surface area contributed by atoms with Crippen molar-refractivity contribution >= 4 is 35.6 Å². The maximum atomic E-state index is 13.5. The van der Waals surface area contributed by atoms with E-state index in [0.717, 1.165) is 30.5 Å². The third kappa shape index (κ3) is 12.2. The highest BCUT2D eigenvalue weighted by Gasteiger charge is 2.42. The highest BCUT2D eigenvalue weighted by Crippen LogP contribution is 2.28. The zero-order valence-electron chi connectivity index (χ0n) is 30.0. The number of aliphatic hydroxyl groups excluding tert-OH is 2. The molecule has 0 bridgehead atoms. The molecule has 1 aromatic rings. The minimum atomic E-state index is -1.80. The average molecular weight is 760 g/mol. The highest BCUT2D eigenvalue weighted by atomic mass is 16.6. The van der Waals surface area contributed by atoms with Gasteiger partial charge in [0, 0.05) is 12.8 Å². The molecule has 2 aliphatic heterocycles. The van der Waals surface area contributed by atoms with E-state index >= 15 is 0 Å². The summed E-state index contributed by atoms with van der Waals surface area (Å²) in [7, 11) is 3.10. The molecule has 1 aromatic heterocycles. The fraction of sp³-hybridized carbons (Fsp3) is 0.719. The number of Topliss-reactive ketones (excluding diaryl/α,β-unsaturated/α-hetero) is 1. The number of hydrogen-bond donors (Lipinski definition) is 2. The number of epoxide rings is 2. The van der Waals surface area contributed by atoms with E-state index in [4.69, 9.17) is 23.7 Å². The molecule has 3 heterocycles. The minimum Gasteiger partial charge on any atom is -0.469 e. The highest BCUT2D eigenvalue weighted by molar-refractivity contribution is 5.92.